The molecule has 0 aromatic carbocycles. The highest BCUT2D eigenvalue weighted by molar-refractivity contribution is 5.67. The molecular weight excluding hydrogens is 344 g/mol. The quantitative estimate of drug-likeness (QED) is 0.354. The first-order valence-corrected chi connectivity index (χ1v) is 10.7. The van der Waals surface area contributed by atoms with Crippen LogP contribution in [-0.4, -0.2) is 46.7 Å². The Morgan fingerprint density at radius 1 is 1.30 bits per heavy atom. The van der Waals surface area contributed by atoms with Gasteiger partial charge in [0.25, 0.3) is 0 Å². The molecule has 2 rings (SSSR count). The van der Waals surface area contributed by atoms with E-state index < -0.39 is 12.1 Å². The summed E-state index contributed by atoms with van der Waals surface area (Å²) in [6, 6.07) is 0. The highest BCUT2D eigenvalue weighted by Crippen LogP contribution is 2.51. The number of unbranched alkanes of at least 4 members (excludes halogenated alkanes) is 1. The number of carboxylic acid groups (broad SMARTS) is 1. The fraction of sp³-hybridized carbons (Fsp3) is 0.864. The number of carboxylic acids is 1. The van der Waals surface area contributed by atoms with Crippen molar-refractivity contribution in [2.75, 3.05) is 13.2 Å². The van der Waals surface area contributed by atoms with Crippen LogP contribution in [0.1, 0.15) is 65.2 Å². The summed E-state index contributed by atoms with van der Waals surface area (Å²) in [5, 5.41) is 29.4. The summed E-state index contributed by atoms with van der Waals surface area (Å²) in [6.07, 6.45) is 11.5. The highest BCUT2D eigenvalue weighted by Gasteiger charge is 2.46. The molecule has 0 aliphatic heterocycles. The highest BCUT2D eigenvalue weighted by atomic mass is 16.5. The van der Waals surface area contributed by atoms with Gasteiger partial charge in [-0.1, -0.05) is 45.3 Å². The predicted molar refractivity (Wildman–Crippen MR) is 105 cm³/mol. The van der Waals surface area contributed by atoms with Gasteiger partial charge in [0.2, 0.25) is 0 Å². The van der Waals surface area contributed by atoms with Crippen LogP contribution in [0.4, 0.5) is 0 Å². The van der Waals surface area contributed by atoms with Gasteiger partial charge in [-0.05, 0) is 55.8 Å². The van der Waals surface area contributed by atoms with Crippen molar-refractivity contribution >= 4 is 5.97 Å². The summed E-state index contributed by atoms with van der Waals surface area (Å²) < 4.78 is 5.17. The van der Waals surface area contributed by atoms with Gasteiger partial charge >= 0.3 is 5.97 Å². The summed E-state index contributed by atoms with van der Waals surface area (Å²) in [6.45, 7) is 4.65. The molecule has 0 radical (unpaired) electrons. The van der Waals surface area contributed by atoms with E-state index in [0.717, 1.165) is 38.5 Å². The third-order valence-corrected chi connectivity index (χ3v) is 6.48. The van der Waals surface area contributed by atoms with Crippen molar-refractivity contribution in [2.24, 2.45) is 29.6 Å². The minimum atomic E-state index is -0.922. The number of fused-ring (bicyclic) bond motifs is 1. The van der Waals surface area contributed by atoms with Crippen LogP contribution >= 0.6 is 0 Å². The smallest absolute Gasteiger partial charge is 0.329 e. The third-order valence-electron chi connectivity index (χ3n) is 6.48. The van der Waals surface area contributed by atoms with Crippen LogP contribution in [-0.2, 0) is 9.53 Å². The fourth-order valence-electron chi connectivity index (χ4n) is 5.11. The van der Waals surface area contributed by atoms with Gasteiger partial charge in [-0.15, -0.1) is 0 Å². The molecule has 0 aromatic rings. The van der Waals surface area contributed by atoms with Crippen LogP contribution in [0.5, 0.6) is 0 Å². The Kier molecular flexibility index (Phi) is 9.27. The van der Waals surface area contributed by atoms with Crippen LogP contribution in [0.25, 0.3) is 0 Å². The van der Waals surface area contributed by atoms with Crippen LogP contribution in [0.3, 0.4) is 0 Å². The van der Waals surface area contributed by atoms with Crippen molar-refractivity contribution < 1.29 is 24.9 Å². The molecule has 156 valence electrons. The van der Waals surface area contributed by atoms with Gasteiger partial charge in [-0.2, -0.15) is 0 Å². The summed E-state index contributed by atoms with van der Waals surface area (Å²) >= 11 is 0. The Bertz CT molecular complexity index is 477. The second-order valence-corrected chi connectivity index (χ2v) is 8.81. The first-order chi connectivity index (χ1) is 12.9. The van der Waals surface area contributed by atoms with E-state index in [1.165, 1.54) is 12.8 Å². The van der Waals surface area contributed by atoms with Crippen molar-refractivity contribution in [3.05, 3.63) is 12.2 Å². The summed E-state index contributed by atoms with van der Waals surface area (Å²) in [5.41, 5.74) is 0. The average Bonchev–Trinajstić information content (AvgIpc) is 3.11. The molecule has 2 aliphatic carbocycles. The Hall–Kier alpha value is -0.910. The number of hydrogen-bond donors (Lipinski definition) is 3. The van der Waals surface area contributed by atoms with Gasteiger partial charge in [0.15, 0.2) is 0 Å². The molecule has 27 heavy (non-hydrogen) atoms. The fourth-order valence-corrected chi connectivity index (χ4v) is 5.11. The maximum absolute atomic E-state index is 10.5. The first-order valence-electron chi connectivity index (χ1n) is 10.7. The van der Waals surface area contributed by atoms with Crippen LogP contribution in [0, 0.1) is 29.6 Å². The largest absolute Gasteiger partial charge is 0.480 e. The zero-order valence-corrected chi connectivity index (χ0v) is 16.9. The van der Waals surface area contributed by atoms with E-state index in [-0.39, 0.29) is 18.6 Å². The second kappa shape index (κ2) is 11.2. The summed E-state index contributed by atoms with van der Waals surface area (Å²) in [7, 11) is 0. The normalized spacial score (nSPS) is 32.7. The van der Waals surface area contributed by atoms with E-state index in [1.807, 2.05) is 6.08 Å². The zero-order valence-electron chi connectivity index (χ0n) is 16.9. The van der Waals surface area contributed by atoms with Crippen LogP contribution in [0.15, 0.2) is 12.2 Å². The lowest BCUT2D eigenvalue weighted by atomic mass is 9.89. The maximum Gasteiger partial charge on any atom is 0.329 e. The van der Waals surface area contributed by atoms with E-state index in [9.17, 15) is 15.0 Å². The van der Waals surface area contributed by atoms with Gasteiger partial charge < -0.3 is 20.1 Å². The topological polar surface area (TPSA) is 87.0 Å². The lowest BCUT2D eigenvalue weighted by Crippen LogP contribution is -2.19. The molecular formula is C22H38O5. The number of ether oxygens (including phenoxy) is 1. The van der Waals surface area contributed by atoms with E-state index >= 15 is 0 Å². The molecule has 0 bridgehead atoms. The molecule has 0 amide bonds. The molecule has 5 heteroatoms. The molecule has 3 N–H and O–H groups in total. The standard InChI is InChI=1S/C22H38O5/c1-3-4-5-15(2)10-18(23)6-7-19-20-12-16(8-9-27-14-22(25)26)11-17(20)13-21(19)24/h6-7,15-21,23-24H,3-5,8-14H2,1-2H3,(H,25,26)/t15?,16?,17-,18?,19-,20+,21-/m0/s1. The lowest BCUT2D eigenvalue weighted by Gasteiger charge is -2.20. The van der Waals surface area contributed by atoms with Gasteiger partial charge in [-0.3, -0.25) is 0 Å². The van der Waals surface area contributed by atoms with Gasteiger partial charge in [0.1, 0.15) is 6.61 Å². The van der Waals surface area contributed by atoms with Gasteiger partial charge in [0, 0.05) is 12.5 Å². The van der Waals surface area contributed by atoms with E-state index in [1.54, 1.807) is 0 Å². The summed E-state index contributed by atoms with van der Waals surface area (Å²) in [5.74, 6) is 1.31. The van der Waals surface area contributed by atoms with Gasteiger partial charge in [-0.25, -0.2) is 4.79 Å². The van der Waals surface area contributed by atoms with Crippen molar-refractivity contribution in [1.82, 2.24) is 0 Å². The number of aliphatic hydroxyl groups excluding tert-OH is 2. The number of carbonyl (C=O) groups is 1. The minimum absolute atomic E-state index is 0.139. The molecule has 2 aliphatic rings. The Balaban J connectivity index is 1.77. The molecule has 0 spiro atoms. The summed E-state index contributed by atoms with van der Waals surface area (Å²) in [4.78, 5) is 10.5. The molecule has 0 heterocycles. The lowest BCUT2D eigenvalue weighted by molar-refractivity contribution is -0.142. The van der Waals surface area contributed by atoms with Gasteiger partial charge in [0.05, 0.1) is 12.2 Å². The SMILES string of the molecule is CCCCC(C)CC(O)C=C[C@H]1[C@@H]2CC(CCOCC(=O)O)C[C@H]2C[C@@H]1O. The molecule has 0 saturated heterocycles. The molecule has 2 saturated carbocycles. The number of aliphatic hydroxyl groups is 2. The van der Waals surface area contributed by atoms with E-state index in [0.29, 0.717) is 30.3 Å². The molecule has 0 aromatic heterocycles. The number of aliphatic carboxylic acids is 1. The maximum atomic E-state index is 10.5. The van der Waals surface area contributed by atoms with Crippen molar-refractivity contribution in [3.8, 4) is 0 Å². The minimum Gasteiger partial charge on any atom is -0.480 e. The third kappa shape index (κ3) is 7.20. The monoisotopic (exact) mass is 382 g/mol. The Morgan fingerprint density at radius 3 is 2.78 bits per heavy atom. The van der Waals surface area contributed by atoms with E-state index in [4.69, 9.17) is 9.84 Å². The Labute approximate surface area is 163 Å². The first kappa shape index (κ1) is 22.4. The van der Waals surface area contributed by atoms with Crippen molar-refractivity contribution in [3.63, 3.8) is 0 Å². The second-order valence-electron chi connectivity index (χ2n) is 8.81. The number of hydrogen-bond acceptors (Lipinski definition) is 4. The molecule has 5 nitrogen and oxygen atoms in total. The molecule has 3 unspecified atom stereocenters. The zero-order chi connectivity index (χ0) is 19.8. The van der Waals surface area contributed by atoms with E-state index in [2.05, 4.69) is 19.9 Å². The van der Waals surface area contributed by atoms with Crippen LogP contribution in [0.2, 0.25) is 0 Å². The predicted octanol–water partition coefficient (Wildman–Crippen LogP) is 3.63. The molecule has 2 fully saturated rings. The van der Waals surface area contributed by atoms with Crippen LogP contribution < -0.4 is 0 Å². The average molecular weight is 383 g/mol. The molecule has 7 atom stereocenters. The van der Waals surface area contributed by atoms with Crippen molar-refractivity contribution in [1.29, 1.82) is 0 Å². The van der Waals surface area contributed by atoms with Crippen molar-refractivity contribution in [2.45, 2.75) is 77.4 Å². The Morgan fingerprint density at radius 2 is 2.07 bits per heavy atom. The number of rotatable bonds is 12.